The van der Waals surface area contributed by atoms with Gasteiger partial charge in [0, 0.05) is 34.7 Å². The van der Waals surface area contributed by atoms with Crippen molar-refractivity contribution >= 4 is 56.6 Å². The lowest BCUT2D eigenvalue weighted by Gasteiger charge is -2.33. The number of carbonyl (C=O) groups excluding carboxylic acids is 2. The maximum atomic E-state index is 14.1. The average Bonchev–Trinajstić information content (AvgIpc) is 2.97. The summed E-state index contributed by atoms with van der Waals surface area (Å²) in [7, 11) is -3.79. The lowest BCUT2D eigenvalue weighted by atomic mass is 10.0. The van der Waals surface area contributed by atoms with Gasteiger partial charge in [0.1, 0.15) is 6.04 Å². The van der Waals surface area contributed by atoms with Gasteiger partial charge in [-0.1, -0.05) is 114 Å². The topological polar surface area (TPSA) is 86.8 Å². The van der Waals surface area contributed by atoms with Crippen LogP contribution in [-0.4, -0.2) is 42.2 Å². The van der Waals surface area contributed by atoms with Crippen molar-refractivity contribution in [2.75, 3.05) is 12.8 Å². The predicted octanol–water partition coefficient (Wildman–Crippen LogP) is 6.49. The van der Waals surface area contributed by atoms with Crippen LogP contribution in [0, 0.1) is 0 Å². The summed E-state index contributed by atoms with van der Waals surface area (Å²) >= 11 is 18.5. The number of hydrogen-bond acceptors (Lipinski definition) is 4. The first-order chi connectivity index (χ1) is 20.5. The number of rotatable bonds is 12. The Labute approximate surface area is 267 Å². The van der Waals surface area contributed by atoms with Gasteiger partial charge in [-0.25, -0.2) is 8.42 Å². The van der Waals surface area contributed by atoms with Crippen LogP contribution in [0.3, 0.4) is 0 Å². The molecule has 4 rings (SSSR count). The normalized spacial score (nSPS) is 12.1. The van der Waals surface area contributed by atoms with Crippen molar-refractivity contribution < 1.29 is 18.0 Å². The van der Waals surface area contributed by atoms with E-state index in [0.29, 0.717) is 31.8 Å². The number of amides is 2. The maximum absolute atomic E-state index is 14.1. The molecule has 7 nitrogen and oxygen atoms in total. The molecule has 0 saturated heterocycles. The van der Waals surface area contributed by atoms with Gasteiger partial charge >= 0.3 is 0 Å². The monoisotopic (exact) mass is 657 g/mol. The van der Waals surface area contributed by atoms with E-state index in [1.807, 2.05) is 12.1 Å². The van der Waals surface area contributed by atoms with Crippen LogP contribution in [0.25, 0.3) is 0 Å². The number of benzene rings is 4. The molecule has 0 unspecified atom stereocenters. The molecular formula is C32H30Cl3N3O4S. The second kappa shape index (κ2) is 14.9. The van der Waals surface area contributed by atoms with E-state index in [1.165, 1.54) is 4.90 Å². The van der Waals surface area contributed by atoms with E-state index < -0.39 is 34.4 Å². The second-order valence-corrected chi connectivity index (χ2v) is 13.2. The summed E-state index contributed by atoms with van der Waals surface area (Å²) < 4.78 is 26.7. The number of nitrogens with one attached hydrogen (secondary N) is 1. The van der Waals surface area contributed by atoms with Crippen LogP contribution in [0.1, 0.15) is 28.3 Å². The first-order valence-corrected chi connectivity index (χ1v) is 16.3. The Kier molecular flexibility index (Phi) is 11.2. The Morgan fingerprint density at radius 1 is 0.767 bits per heavy atom. The molecule has 0 aromatic heterocycles. The molecular weight excluding hydrogens is 629 g/mol. The number of nitrogens with zero attached hydrogens (tertiary/aromatic N) is 2. The largest absolute Gasteiger partial charge is 0.350 e. The first kappa shape index (κ1) is 32.5. The molecule has 0 radical (unpaired) electrons. The number of hydrogen-bond donors (Lipinski definition) is 1. The highest BCUT2D eigenvalue weighted by Crippen LogP contribution is 2.26. The van der Waals surface area contributed by atoms with E-state index in [2.05, 4.69) is 5.32 Å². The van der Waals surface area contributed by atoms with Gasteiger partial charge < -0.3 is 10.2 Å². The van der Waals surface area contributed by atoms with Gasteiger partial charge in [0.05, 0.1) is 12.8 Å². The van der Waals surface area contributed by atoms with Crippen LogP contribution in [-0.2, 0) is 39.2 Å². The summed E-state index contributed by atoms with van der Waals surface area (Å²) in [6.07, 6.45) is 1.06. The van der Waals surface area contributed by atoms with E-state index in [4.69, 9.17) is 34.8 Å². The molecule has 0 bridgehead atoms. The number of carbonyl (C=O) groups is 2. The van der Waals surface area contributed by atoms with Crippen molar-refractivity contribution in [2.24, 2.45) is 0 Å². The third kappa shape index (κ3) is 9.29. The summed E-state index contributed by atoms with van der Waals surface area (Å²) in [6.45, 7) is -0.364. The zero-order valence-electron chi connectivity index (χ0n) is 23.3. The van der Waals surface area contributed by atoms with Crippen molar-refractivity contribution in [1.29, 1.82) is 0 Å². The minimum Gasteiger partial charge on any atom is -0.350 e. The summed E-state index contributed by atoms with van der Waals surface area (Å²) in [5, 5.41) is 4.27. The molecule has 0 fully saturated rings. The fourth-order valence-corrected chi connectivity index (χ4v) is 5.81. The molecule has 0 heterocycles. The zero-order valence-corrected chi connectivity index (χ0v) is 26.4. The number of sulfonamides is 1. The van der Waals surface area contributed by atoms with Crippen molar-refractivity contribution in [3.8, 4) is 0 Å². The highest BCUT2D eigenvalue weighted by Gasteiger charge is 2.33. The van der Waals surface area contributed by atoms with Gasteiger partial charge in [-0.05, 0) is 46.5 Å². The quantitative estimate of drug-likeness (QED) is 0.189. The lowest BCUT2D eigenvalue weighted by molar-refractivity contribution is -0.141. The molecule has 224 valence electrons. The molecule has 0 spiro atoms. The Morgan fingerprint density at radius 2 is 1.35 bits per heavy atom. The van der Waals surface area contributed by atoms with E-state index in [9.17, 15) is 18.0 Å². The Hall–Kier alpha value is -3.40. The summed E-state index contributed by atoms with van der Waals surface area (Å²) in [5.41, 5.74) is 2.63. The molecule has 0 aliphatic rings. The van der Waals surface area contributed by atoms with Crippen LogP contribution in [0.15, 0.2) is 103 Å². The maximum Gasteiger partial charge on any atom is 0.247 e. The highest BCUT2D eigenvalue weighted by atomic mass is 35.5. The Bertz CT molecular complexity index is 1650. The average molecular weight is 659 g/mol. The lowest BCUT2D eigenvalue weighted by Crippen LogP contribution is -2.47. The third-order valence-corrected chi connectivity index (χ3v) is 8.75. The molecule has 0 aliphatic heterocycles. The summed E-state index contributed by atoms with van der Waals surface area (Å²) in [6, 6.07) is 28.6. The molecule has 2 amide bonds. The van der Waals surface area contributed by atoms with E-state index in [0.717, 1.165) is 16.1 Å². The smallest absolute Gasteiger partial charge is 0.247 e. The molecule has 43 heavy (non-hydrogen) atoms. The molecule has 0 aliphatic carbocycles. The first-order valence-electron chi connectivity index (χ1n) is 13.3. The Morgan fingerprint density at radius 3 is 1.95 bits per heavy atom. The standard InChI is InChI=1S/C32H30Cl3N3O4S/c1-43(41,42)37(20-23-8-4-2-5-9-23)22-30(39)38(21-24-12-15-27(33)16-13-24)31(25-10-6-3-7-11-25)32(40)36-19-26-14-17-28(34)18-29(26)35/h2-18,31H,19-22H2,1H3,(H,36,40)/t31-/m0/s1. The highest BCUT2D eigenvalue weighted by molar-refractivity contribution is 7.88. The van der Waals surface area contributed by atoms with Gasteiger partial charge in [-0.15, -0.1) is 0 Å². The third-order valence-electron chi connectivity index (χ3n) is 6.71. The van der Waals surface area contributed by atoms with Crippen molar-refractivity contribution in [3.63, 3.8) is 0 Å². The van der Waals surface area contributed by atoms with Gasteiger partial charge in [0.25, 0.3) is 0 Å². The summed E-state index contributed by atoms with van der Waals surface area (Å²) in [4.78, 5) is 29.4. The van der Waals surface area contributed by atoms with Crippen LogP contribution in [0.4, 0.5) is 0 Å². The van der Waals surface area contributed by atoms with Crippen LogP contribution >= 0.6 is 34.8 Å². The zero-order chi connectivity index (χ0) is 31.0. The number of halogens is 3. The van der Waals surface area contributed by atoms with E-state index in [-0.39, 0.29) is 19.6 Å². The fourth-order valence-electron chi connectivity index (χ4n) is 4.48. The SMILES string of the molecule is CS(=O)(=O)N(CC(=O)N(Cc1ccc(Cl)cc1)[C@H](C(=O)NCc1ccc(Cl)cc1Cl)c1ccccc1)Cc1ccccc1. The molecule has 4 aromatic carbocycles. The van der Waals surface area contributed by atoms with Gasteiger partial charge in [0.15, 0.2) is 0 Å². The molecule has 11 heteroatoms. The fraction of sp³-hybridized carbons (Fsp3) is 0.188. The van der Waals surface area contributed by atoms with Crippen LogP contribution in [0.5, 0.6) is 0 Å². The molecule has 4 aromatic rings. The van der Waals surface area contributed by atoms with Gasteiger partial charge in [-0.3, -0.25) is 9.59 Å². The van der Waals surface area contributed by atoms with Crippen LogP contribution in [0.2, 0.25) is 15.1 Å². The van der Waals surface area contributed by atoms with E-state index in [1.54, 1.807) is 91.0 Å². The van der Waals surface area contributed by atoms with Gasteiger partial charge in [0.2, 0.25) is 21.8 Å². The molecule has 0 saturated carbocycles. The second-order valence-electron chi connectivity index (χ2n) is 9.93. The molecule has 1 N–H and O–H groups in total. The molecule has 1 atom stereocenters. The van der Waals surface area contributed by atoms with Crippen LogP contribution < -0.4 is 5.32 Å². The minimum absolute atomic E-state index is 0.00252. The minimum atomic E-state index is -3.79. The van der Waals surface area contributed by atoms with Gasteiger partial charge in [-0.2, -0.15) is 4.31 Å². The van der Waals surface area contributed by atoms with Crippen molar-refractivity contribution in [2.45, 2.75) is 25.7 Å². The van der Waals surface area contributed by atoms with Crippen molar-refractivity contribution in [1.82, 2.24) is 14.5 Å². The van der Waals surface area contributed by atoms with E-state index >= 15 is 0 Å². The summed E-state index contributed by atoms with van der Waals surface area (Å²) in [5.74, 6) is -1.02. The predicted molar refractivity (Wildman–Crippen MR) is 171 cm³/mol. The Balaban J connectivity index is 1.70. The van der Waals surface area contributed by atoms with Crippen molar-refractivity contribution in [3.05, 3.63) is 140 Å².